The minimum Gasteiger partial charge on any atom is -0.353 e. The summed E-state index contributed by atoms with van der Waals surface area (Å²) in [6.07, 6.45) is 0.409. The lowest BCUT2D eigenvalue weighted by molar-refractivity contribution is -0.137. The van der Waals surface area contributed by atoms with E-state index in [1.165, 1.54) is 23.1 Å². The summed E-state index contributed by atoms with van der Waals surface area (Å²) < 4.78 is 39.6. The Kier molecular flexibility index (Phi) is 5.93. The zero-order valence-electron chi connectivity index (χ0n) is 18.5. The molecule has 5 rings (SSSR count). The molecule has 0 atom stereocenters. The van der Waals surface area contributed by atoms with Crippen LogP contribution in [0.25, 0.3) is 11.0 Å². The highest BCUT2D eigenvalue weighted by Crippen LogP contribution is 2.30. The Labute approximate surface area is 198 Å². The number of alkyl halides is 3. The van der Waals surface area contributed by atoms with E-state index in [0.717, 1.165) is 55.3 Å². The van der Waals surface area contributed by atoms with Gasteiger partial charge in [0.05, 0.1) is 17.1 Å². The van der Waals surface area contributed by atoms with E-state index in [4.69, 9.17) is 0 Å². The minimum atomic E-state index is -4.43. The first-order valence-electron chi connectivity index (χ1n) is 10.9. The number of amides is 1. The highest BCUT2D eigenvalue weighted by atomic mass is 19.4. The van der Waals surface area contributed by atoms with E-state index in [9.17, 15) is 18.0 Å². The number of hydrogen-bond acceptors (Lipinski definition) is 7. The largest absolute Gasteiger partial charge is 0.416 e. The molecule has 0 saturated carbocycles. The number of benzene rings is 1. The number of hydrogen-bond donors (Lipinski definition) is 1. The molecule has 1 aliphatic heterocycles. The SMILES string of the molecule is O=C(Cn1ncc2c(N3CCN(c4ccccn4)CC3)ncnc21)Nc1ccc(C(F)(F)F)cc1. The molecule has 1 amide bonds. The molecule has 9 nitrogen and oxygen atoms in total. The van der Waals surface area contributed by atoms with Crippen molar-refractivity contribution in [3.63, 3.8) is 0 Å². The van der Waals surface area contributed by atoms with Crippen LogP contribution in [0.1, 0.15) is 5.56 Å². The molecule has 180 valence electrons. The molecule has 1 saturated heterocycles. The van der Waals surface area contributed by atoms with Crippen LogP contribution in [-0.4, -0.2) is 56.8 Å². The average molecular weight is 482 g/mol. The van der Waals surface area contributed by atoms with Gasteiger partial charge in [-0.15, -0.1) is 0 Å². The maximum Gasteiger partial charge on any atom is 0.416 e. The fourth-order valence-corrected chi connectivity index (χ4v) is 4.02. The van der Waals surface area contributed by atoms with Crippen LogP contribution >= 0.6 is 0 Å². The molecule has 0 unspecified atom stereocenters. The second kappa shape index (κ2) is 9.20. The standard InChI is InChI=1S/C23H21F3N8O/c24-23(25,26)16-4-6-17(7-5-16)31-20(35)14-34-22-18(13-30-34)21(28-15-29-22)33-11-9-32(10-12-33)19-3-1-2-8-27-19/h1-8,13,15H,9-12,14H2,(H,31,35). The molecule has 3 aromatic heterocycles. The zero-order valence-corrected chi connectivity index (χ0v) is 18.5. The van der Waals surface area contributed by atoms with Crippen LogP contribution in [0.4, 0.5) is 30.5 Å². The first kappa shape index (κ1) is 22.6. The lowest BCUT2D eigenvalue weighted by atomic mass is 10.2. The van der Waals surface area contributed by atoms with E-state index in [0.29, 0.717) is 5.65 Å². The molecule has 0 aliphatic carbocycles. The Bertz CT molecular complexity index is 1320. The Hall–Kier alpha value is -4.22. The normalized spacial score (nSPS) is 14.4. The van der Waals surface area contributed by atoms with Crippen molar-refractivity contribution in [2.75, 3.05) is 41.3 Å². The smallest absolute Gasteiger partial charge is 0.353 e. The number of carbonyl (C=O) groups excluding carboxylic acids is 1. The quantitative estimate of drug-likeness (QED) is 0.467. The molecule has 1 aliphatic rings. The van der Waals surface area contributed by atoms with Crippen molar-refractivity contribution in [2.24, 2.45) is 0 Å². The highest BCUT2D eigenvalue weighted by Gasteiger charge is 2.30. The van der Waals surface area contributed by atoms with Crippen LogP contribution in [0.2, 0.25) is 0 Å². The molecule has 0 spiro atoms. The van der Waals surface area contributed by atoms with Gasteiger partial charge in [0.2, 0.25) is 5.91 Å². The first-order valence-corrected chi connectivity index (χ1v) is 10.9. The summed E-state index contributed by atoms with van der Waals surface area (Å²) in [6, 6.07) is 10.1. The van der Waals surface area contributed by atoms with E-state index in [-0.39, 0.29) is 12.2 Å². The fourth-order valence-electron chi connectivity index (χ4n) is 4.02. The lowest BCUT2D eigenvalue weighted by Crippen LogP contribution is -2.47. The molecule has 0 radical (unpaired) electrons. The number of nitrogens with zero attached hydrogens (tertiary/aromatic N) is 7. The van der Waals surface area contributed by atoms with Crippen molar-refractivity contribution in [2.45, 2.75) is 12.7 Å². The van der Waals surface area contributed by atoms with Gasteiger partial charge in [0, 0.05) is 38.1 Å². The monoisotopic (exact) mass is 482 g/mol. The number of fused-ring (bicyclic) bond motifs is 1. The average Bonchev–Trinajstić information content (AvgIpc) is 3.27. The van der Waals surface area contributed by atoms with Gasteiger partial charge in [-0.05, 0) is 36.4 Å². The number of carbonyl (C=O) groups is 1. The second-order valence-corrected chi connectivity index (χ2v) is 8.02. The van der Waals surface area contributed by atoms with Crippen LogP contribution in [-0.2, 0) is 17.5 Å². The van der Waals surface area contributed by atoms with Crippen molar-refractivity contribution < 1.29 is 18.0 Å². The maximum atomic E-state index is 12.7. The molecular weight excluding hydrogens is 461 g/mol. The summed E-state index contributed by atoms with van der Waals surface area (Å²) in [7, 11) is 0. The Morgan fingerprint density at radius 1 is 0.943 bits per heavy atom. The van der Waals surface area contributed by atoms with Gasteiger partial charge in [-0.2, -0.15) is 18.3 Å². The van der Waals surface area contributed by atoms with Crippen molar-refractivity contribution >= 4 is 34.3 Å². The fraction of sp³-hybridized carbons (Fsp3) is 0.261. The third kappa shape index (κ3) is 4.86. The van der Waals surface area contributed by atoms with Gasteiger partial charge in [-0.25, -0.2) is 19.6 Å². The Morgan fingerprint density at radius 2 is 1.69 bits per heavy atom. The number of halogens is 3. The molecule has 1 aromatic carbocycles. The van der Waals surface area contributed by atoms with Gasteiger partial charge in [0.15, 0.2) is 5.65 Å². The van der Waals surface area contributed by atoms with Gasteiger partial charge >= 0.3 is 6.18 Å². The van der Waals surface area contributed by atoms with Gasteiger partial charge in [0.25, 0.3) is 0 Å². The molecule has 4 aromatic rings. The molecule has 1 fully saturated rings. The number of rotatable bonds is 5. The van der Waals surface area contributed by atoms with Crippen molar-refractivity contribution in [3.05, 3.63) is 66.7 Å². The summed E-state index contributed by atoms with van der Waals surface area (Å²) in [5, 5.41) is 7.61. The maximum absolute atomic E-state index is 12.7. The zero-order chi connectivity index (χ0) is 24.4. The van der Waals surface area contributed by atoms with E-state index < -0.39 is 17.6 Å². The molecule has 4 heterocycles. The summed E-state index contributed by atoms with van der Waals surface area (Å²) in [4.78, 5) is 30.0. The third-order valence-corrected chi connectivity index (χ3v) is 5.75. The van der Waals surface area contributed by atoms with Crippen molar-refractivity contribution in [3.8, 4) is 0 Å². The van der Waals surface area contributed by atoms with Crippen LogP contribution in [0, 0.1) is 0 Å². The third-order valence-electron chi connectivity index (χ3n) is 5.75. The first-order chi connectivity index (χ1) is 16.9. The molecule has 12 heteroatoms. The summed E-state index contributed by atoms with van der Waals surface area (Å²) in [5.74, 6) is 1.25. The van der Waals surface area contributed by atoms with Crippen LogP contribution in [0.5, 0.6) is 0 Å². The minimum absolute atomic E-state index is 0.144. The van der Waals surface area contributed by atoms with E-state index in [1.807, 2.05) is 18.2 Å². The molecule has 0 bridgehead atoms. The predicted molar refractivity (Wildman–Crippen MR) is 124 cm³/mol. The highest BCUT2D eigenvalue weighted by molar-refractivity contribution is 5.92. The molecule has 35 heavy (non-hydrogen) atoms. The van der Waals surface area contributed by atoms with Crippen LogP contribution in [0.15, 0.2) is 61.2 Å². The number of pyridine rings is 1. The van der Waals surface area contributed by atoms with Crippen molar-refractivity contribution in [1.82, 2.24) is 24.7 Å². The van der Waals surface area contributed by atoms with Crippen molar-refractivity contribution in [1.29, 1.82) is 0 Å². The lowest BCUT2D eigenvalue weighted by Gasteiger charge is -2.36. The van der Waals surface area contributed by atoms with Gasteiger partial charge < -0.3 is 15.1 Å². The molecule has 1 N–H and O–H groups in total. The Morgan fingerprint density at radius 3 is 2.37 bits per heavy atom. The van der Waals surface area contributed by atoms with Gasteiger partial charge in [-0.3, -0.25) is 4.79 Å². The van der Waals surface area contributed by atoms with E-state index in [1.54, 1.807) is 12.4 Å². The number of nitrogens with one attached hydrogen (secondary N) is 1. The summed E-state index contributed by atoms with van der Waals surface area (Å²) in [6.45, 7) is 2.90. The van der Waals surface area contributed by atoms with Gasteiger partial charge in [0.1, 0.15) is 24.5 Å². The van der Waals surface area contributed by atoms with Gasteiger partial charge in [-0.1, -0.05) is 6.07 Å². The molecular formula is C23H21F3N8O. The topological polar surface area (TPSA) is 92.1 Å². The summed E-state index contributed by atoms with van der Waals surface area (Å²) in [5.41, 5.74) is -0.0102. The number of piperazine rings is 1. The van der Waals surface area contributed by atoms with Crippen LogP contribution in [0.3, 0.4) is 0 Å². The summed E-state index contributed by atoms with van der Waals surface area (Å²) >= 11 is 0. The van der Waals surface area contributed by atoms with Crippen LogP contribution < -0.4 is 15.1 Å². The van der Waals surface area contributed by atoms with E-state index >= 15 is 0 Å². The number of aromatic nitrogens is 5. The number of anilines is 3. The van der Waals surface area contributed by atoms with E-state index in [2.05, 4.69) is 35.2 Å². The predicted octanol–water partition coefficient (Wildman–Crippen LogP) is 3.21. The Balaban J connectivity index is 1.26. The second-order valence-electron chi connectivity index (χ2n) is 8.02.